The summed E-state index contributed by atoms with van der Waals surface area (Å²) in [6.07, 6.45) is 4.96. The van der Waals surface area contributed by atoms with Gasteiger partial charge in [0.25, 0.3) is 5.91 Å². The van der Waals surface area contributed by atoms with Gasteiger partial charge in [-0.05, 0) is 44.4 Å². The Morgan fingerprint density at radius 1 is 1.17 bits per heavy atom. The maximum Gasteiger partial charge on any atom is 0.261 e. The predicted molar refractivity (Wildman–Crippen MR) is 125 cm³/mol. The number of likely N-dealkylation sites (tertiary alicyclic amines) is 1. The zero-order valence-corrected chi connectivity index (χ0v) is 18.8. The molecule has 2 fully saturated rings. The van der Waals surface area contributed by atoms with Crippen LogP contribution in [0.4, 0.5) is 5.00 Å². The van der Waals surface area contributed by atoms with Gasteiger partial charge in [-0.2, -0.15) is 0 Å². The lowest BCUT2D eigenvalue weighted by atomic mass is 10.0. The van der Waals surface area contributed by atoms with Crippen molar-refractivity contribution in [2.75, 3.05) is 50.8 Å². The molecule has 0 bridgehead atoms. The molecule has 5 nitrogen and oxygen atoms in total. The van der Waals surface area contributed by atoms with Crippen LogP contribution >= 0.6 is 11.3 Å². The van der Waals surface area contributed by atoms with Crippen molar-refractivity contribution in [2.24, 2.45) is 0 Å². The third-order valence-corrected chi connectivity index (χ3v) is 7.36. The molecule has 1 N–H and O–H groups in total. The summed E-state index contributed by atoms with van der Waals surface area (Å²) in [5.41, 5.74) is 2.31. The number of rotatable bonds is 7. The van der Waals surface area contributed by atoms with E-state index in [2.05, 4.69) is 52.4 Å². The number of anilines is 1. The molecule has 0 aliphatic carbocycles. The topological polar surface area (TPSA) is 44.8 Å². The molecule has 1 unspecified atom stereocenters. The van der Waals surface area contributed by atoms with Gasteiger partial charge in [0.1, 0.15) is 0 Å². The van der Waals surface area contributed by atoms with E-state index in [9.17, 15) is 4.79 Å². The van der Waals surface area contributed by atoms with E-state index in [0.717, 1.165) is 61.8 Å². The van der Waals surface area contributed by atoms with E-state index in [-0.39, 0.29) is 5.91 Å². The minimum atomic E-state index is 0.0448. The van der Waals surface area contributed by atoms with Gasteiger partial charge in [-0.15, -0.1) is 11.3 Å². The number of morpholine rings is 1. The van der Waals surface area contributed by atoms with Gasteiger partial charge in [0.2, 0.25) is 0 Å². The van der Waals surface area contributed by atoms with Crippen LogP contribution in [0.3, 0.4) is 0 Å². The van der Waals surface area contributed by atoms with Crippen LogP contribution in [-0.2, 0) is 4.74 Å². The summed E-state index contributed by atoms with van der Waals surface area (Å²) < 4.78 is 5.52. The number of hydrogen-bond donors (Lipinski definition) is 1. The number of ether oxygens (including phenoxy) is 1. The molecule has 2 aliphatic heterocycles. The Morgan fingerprint density at radius 2 is 1.97 bits per heavy atom. The van der Waals surface area contributed by atoms with Gasteiger partial charge in [0.05, 0.1) is 23.1 Å². The van der Waals surface area contributed by atoms with Crippen LogP contribution in [0.25, 0.3) is 11.1 Å². The lowest BCUT2D eigenvalue weighted by Gasteiger charge is -2.33. The van der Waals surface area contributed by atoms with Crippen LogP contribution in [0.5, 0.6) is 0 Å². The van der Waals surface area contributed by atoms with Crippen molar-refractivity contribution < 1.29 is 9.53 Å². The number of benzene rings is 1. The molecule has 2 saturated heterocycles. The third-order valence-electron chi connectivity index (χ3n) is 6.17. The van der Waals surface area contributed by atoms with E-state index in [1.54, 1.807) is 11.3 Å². The number of hydrogen-bond acceptors (Lipinski definition) is 5. The lowest BCUT2D eigenvalue weighted by Crippen LogP contribution is -2.39. The largest absolute Gasteiger partial charge is 0.378 e. The van der Waals surface area contributed by atoms with Gasteiger partial charge in [-0.1, -0.05) is 36.8 Å². The van der Waals surface area contributed by atoms with Crippen molar-refractivity contribution in [3.05, 3.63) is 41.3 Å². The first-order chi connectivity index (χ1) is 14.7. The summed E-state index contributed by atoms with van der Waals surface area (Å²) in [4.78, 5) is 18.6. The van der Waals surface area contributed by atoms with Crippen molar-refractivity contribution in [3.63, 3.8) is 0 Å². The Labute approximate surface area is 184 Å². The van der Waals surface area contributed by atoms with Gasteiger partial charge >= 0.3 is 0 Å². The predicted octanol–water partition coefficient (Wildman–Crippen LogP) is 4.25. The molecule has 1 aromatic heterocycles. The van der Waals surface area contributed by atoms with Crippen molar-refractivity contribution in [3.8, 4) is 11.1 Å². The van der Waals surface area contributed by atoms with Crippen LogP contribution in [0.2, 0.25) is 0 Å². The Hall–Kier alpha value is -1.89. The van der Waals surface area contributed by atoms with Crippen LogP contribution in [-0.4, -0.2) is 62.8 Å². The minimum Gasteiger partial charge on any atom is -0.378 e. The third kappa shape index (κ3) is 5.23. The summed E-state index contributed by atoms with van der Waals surface area (Å²) >= 11 is 1.60. The number of nitrogens with zero attached hydrogens (tertiary/aromatic N) is 2. The van der Waals surface area contributed by atoms with E-state index in [1.165, 1.54) is 30.8 Å². The fraction of sp³-hybridized carbons (Fsp3) is 0.542. The second kappa shape index (κ2) is 10.4. The molecule has 30 heavy (non-hydrogen) atoms. The second-order valence-corrected chi connectivity index (χ2v) is 9.32. The summed E-state index contributed by atoms with van der Waals surface area (Å²) in [6, 6.07) is 13.1. The first kappa shape index (κ1) is 21.3. The van der Waals surface area contributed by atoms with E-state index >= 15 is 0 Å². The highest BCUT2D eigenvalue weighted by atomic mass is 32.1. The zero-order chi connectivity index (χ0) is 20.8. The first-order valence-electron chi connectivity index (χ1n) is 11.3. The van der Waals surface area contributed by atoms with Crippen LogP contribution in [0.1, 0.15) is 42.3 Å². The summed E-state index contributed by atoms with van der Waals surface area (Å²) in [6.45, 7) is 8.54. The Balaban J connectivity index is 1.40. The average molecular weight is 428 g/mol. The quantitative estimate of drug-likeness (QED) is 0.671. The molecule has 2 aliphatic rings. The van der Waals surface area contributed by atoms with Gasteiger partial charge in [0, 0.05) is 37.8 Å². The number of amides is 1. The van der Waals surface area contributed by atoms with Gasteiger partial charge in [0.15, 0.2) is 0 Å². The molecule has 1 atom stereocenters. The van der Waals surface area contributed by atoms with E-state index in [4.69, 9.17) is 4.74 Å². The SMILES string of the molecule is CC1CCCCN1CCCNC(=O)c1cc(-c2ccccc2)c(N2CCOCC2)s1. The lowest BCUT2D eigenvalue weighted by molar-refractivity contribution is 0.0953. The maximum atomic E-state index is 12.9. The molecule has 6 heteroatoms. The van der Waals surface area contributed by atoms with Crippen molar-refractivity contribution in [2.45, 2.75) is 38.6 Å². The molecule has 0 saturated carbocycles. The monoisotopic (exact) mass is 427 g/mol. The number of piperidine rings is 1. The fourth-order valence-corrected chi connectivity index (χ4v) is 5.53. The molecule has 0 spiro atoms. The summed E-state index contributed by atoms with van der Waals surface area (Å²) in [5, 5.41) is 4.33. The zero-order valence-electron chi connectivity index (χ0n) is 17.9. The fourth-order valence-electron chi connectivity index (χ4n) is 4.38. The van der Waals surface area contributed by atoms with E-state index in [0.29, 0.717) is 6.04 Å². The summed E-state index contributed by atoms with van der Waals surface area (Å²) in [7, 11) is 0. The van der Waals surface area contributed by atoms with Gasteiger partial charge < -0.3 is 19.9 Å². The van der Waals surface area contributed by atoms with Crippen LogP contribution < -0.4 is 10.2 Å². The Morgan fingerprint density at radius 3 is 2.73 bits per heavy atom. The molecule has 162 valence electrons. The molecule has 3 heterocycles. The standard InChI is InChI=1S/C24H33N3O2S/c1-19-8-5-6-12-26(19)13-7-11-25-23(28)22-18-21(20-9-3-2-4-10-20)24(30-22)27-14-16-29-17-15-27/h2-4,9-10,18-19H,5-8,11-17H2,1H3,(H,25,28). The highest BCUT2D eigenvalue weighted by Crippen LogP contribution is 2.39. The molecular weight excluding hydrogens is 394 g/mol. The molecule has 0 radical (unpaired) electrons. The van der Waals surface area contributed by atoms with Crippen LogP contribution in [0, 0.1) is 0 Å². The van der Waals surface area contributed by atoms with Crippen molar-refractivity contribution in [1.29, 1.82) is 0 Å². The molecule has 2 aromatic rings. The van der Waals surface area contributed by atoms with Crippen LogP contribution in [0.15, 0.2) is 36.4 Å². The number of carbonyl (C=O) groups is 1. The number of nitrogens with one attached hydrogen (secondary N) is 1. The summed E-state index contributed by atoms with van der Waals surface area (Å²) in [5.74, 6) is 0.0448. The molecular formula is C24H33N3O2S. The van der Waals surface area contributed by atoms with Crippen molar-refractivity contribution >= 4 is 22.2 Å². The molecule has 1 amide bonds. The molecule has 4 rings (SSSR count). The van der Waals surface area contributed by atoms with Crippen molar-refractivity contribution in [1.82, 2.24) is 10.2 Å². The highest BCUT2D eigenvalue weighted by Gasteiger charge is 2.22. The highest BCUT2D eigenvalue weighted by molar-refractivity contribution is 7.18. The Kier molecular flexibility index (Phi) is 7.42. The Bertz CT molecular complexity index is 817. The smallest absolute Gasteiger partial charge is 0.261 e. The number of thiophene rings is 1. The maximum absolute atomic E-state index is 12.9. The van der Waals surface area contributed by atoms with E-state index < -0.39 is 0 Å². The second-order valence-electron chi connectivity index (χ2n) is 8.29. The van der Waals surface area contributed by atoms with Gasteiger partial charge in [-0.25, -0.2) is 0 Å². The molecule has 1 aromatic carbocycles. The number of carbonyl (C=O) groups excluding carboxylic acids is 1. The first-order valence-corrected chi connectivity index (χ1v) is 12.1. The normalized spacial score (nSPS) is 20.3. The van der Waals surface area contributed by atoms with E-state index in [1.807, 2.05) is 6.07 Å². The minimum absolute atomic E-state index is 0.0448. The van der Waals surface area contributed by atoms with Gasteiger partial charge in [-0.3, -0.25) is 4.79 Å². The average Bonchev–Trinajstić information content (AvgIpc) is 3.25.